The number of hydrogen-bond acceptors (Lipinski definition) is 9. The van der Waals surface area contributed by atoms with Gasteiger partial charge in [0.25, 0.3) is 11.1 Å². The molecule has 4 nitrogen and oxygen atoms in total. The van der Waals surface area contributed by atoms with Crippen LogP contribution >= 0.6 is 79.4 Å². The van der Waals surface area contributed by atoms with Crippen molar-refractivity contribution in [2.45, 2.75) is 104 Å². The van der Waals surface area contributed by atoms with Crippen molar-refractivity contribution in [3.63, 3.8) is 0 Å². The molecule has 0 saturated carbocycles. The zero-order valence-electron chi connectivity index (χ0n) is 36.6. The second-order valence-corrected chi connectivity index (χ2v) is 25.3. The van der Waals surface area contributed by atoms with Crippen LogP contribution in [0, 0.1) is 0 Å². The Balaban J connectivity index is 0.841. The number of rotatable bonds is 18. The standard InChI is InChI=1S/C54H48N2O2S7/c1-3-5-7-9-11-13-15-31-17-21-39(59-31)41-23-25-43(61-41)47-28-36-45(63-47)27-35-33-19-20-34-50-49(33)52(54(58)55(35)36)65-51(50)38-30-46-37(56(38)53(34)57)29-48(64-46)44-26-24-42(62-44)40-22-18-32(60-40)16-14-12-10-8-6-4-2/h17-30H,3-16H2,1-2H3. The summed E-state index contributed by atoms with van der Waals surface area (Å²) < 4.78 is 7.77. The van der Waals surface area contributed by atoms with Crippen molar-refractivity contribution in [1.82, 2.24) is 8.80 Å². The lowest BCUT2D eigenvalue weighted by Crippen LogP contribution is -2.13. The Hall–Kier alpha value is -4.20. The van der Waals surface area contributed by atoms with E-state index in [0.29, 0.717) is 5.39 Å². The summed E-state index contributed by atoms with van der Waals surface area (Å²) in [4.78, 5) is 42.3. The average molecular weight is 981 g/mol. The predicted octanol–water partition coefficient (Wildman–Crippen LogP) is 18.5. The first-order chi connectivity index (χ1) is 31.9. The highest BCUT2D eigenvalue weighted by molar-refractivity contribution is 7.30. The van der Waals surface area contributed by atoms with E-state index in [1.165, 1.54) is 139 Å². The molecule has 0 radical (unpaired) electrons. The third-order valence-corrected chi connectivity index (χ3v) is 21.8. The highest BCUT2D eigenvalue weighted by Crippen LogP contribution is 2.48. The molecule has 0 unspecified atom stereocenters. The minimum atomic E-state index is -0.0166. The summed E-state index contributed by atoms with van der Waals surface area (Å²) in [5, 5.41) is 3.57. The van der Waals surface area contributed by atoms with Gasteiger partial charge in [-0.15, -0.1) is 79.4 Å². The molecule has 328 valence electrons. The number of unbranched alkanes of at least 4 members (excludes halogenated alkanes) is 10. The quantitative estimate of drug-likeness (QED) is 0.0635. The van der Waals surface area contributed by atoms with Crippen LogP contribution in [0.4, 0.5) is 0 Å². The lowest BCUT2D eigenvalue weighted by atomic mass is 10.0. The topological polar surface area (TPSA) is 43.0 Å². The maximum Gasteiger partial charge on any atom is 0.273 e. The summed E-state index contributed by atoms with van der Waals surface area (Å²) in [5.74, 6) is 0. The minimum Gasteiger partial charge on any atom is -0.274 e. The number of nitrogens with zero attached hydrogens (tertiary/aromatic N) is 2. The van der Waals surface area contributed by atoms with E-state index in [4.69, 9.17) is 0 Å². The average Bonchev–Trinajstić information content (AvgIpc) is 4.15. The van der Waals surface area contributed by atoms with Gasteiger partial charge in [0.05, 0.1) is 36.2 Å². The summed E-state index contributed by atoms with van der Waals surface area (Å²) in [5.41, 5.74) is 3.70. The molecule has 0 saturated heterocycles. The number of hydrogen-bond donors (Lipinski definition) is 0. The molecular weight excluding hydrogens is 933 g/mol. The Labute approximate surface area is 405 Å². The maximum atomic E-state index is 14.7. The van der Waals surface area contributed by atoms with Crippen molar-refractivity contribution in [3.05, 3.63) is 115 Å². The van der Waals surface area contributed by atoms with Crippen molar-refractivity contribution in [3.8, 4) is 39.0 Å². The molecule has 0 bridgehead atoms. The molecule has 0 N–H and O–H groups in total. The van der Waals surface area contributed by atoms with Crippen molar-refractivity contribution in [2.75, 3.05) is 0 Å². The fraction of sp³-hybridized carbons (Fsp3) is 0.296. The molecule has 12 aromatic rings. The van der Waals surface area contributed by atoms with Crippen molar-refractivity contribution in [2.24, 2.45) is 0 Å². The van der Waals surface area contributed by atoms with Gasteiger partial charge < -0.3 is 0 Å². The van der Waals surface area contributed by atoms with E-state index in [1.54, 1.807) is 34.0 Å². The molecule has 0 fully saturated rings. The van der Waals surface area contributed by atoms with Gasteiger partial charge in [-0.3, -0.25) is 18.4 Å². The second kappa shape index (κ2) is 17.5. The normalized spacial score (nSPS) is 12.5. The summed E-state index contributed by atoms with van der Waals surface area (Å²) in [7, 11) is 0. The van der Waals surface area contributed by atoms with Crippen LogP contribution in [-0.2, 0) is 12.8 Å². The van der Waals surface area contributed by atoms with E-state index >= 15 is 0 Å². The molecule has 0 spiro atoms. The van der Waals surface area contributed by atoms with Crippen LogP contribution in [0.2, 0.25) is 0 Å². The van der Waals surface area contributed by atoms with Gasteiger partial charge in [0.1, 0.15) is 4.70 Å². The number of benzene rings is 1. The van der Waals surface area contributed by atoms with Crippen LogP contribution in [0.5, 0.6) is 0 Å². The van der Waals surface area contributed by atoms with Gasteiger partial charge in [-0.05, 0) is 105 Å². The molecule has 12 rings (SSSR count). The number of aromatic nitrogens is 2. The number of thiophene rings is 7. The van der Waals surface area contributed by atoms with Crippen molar-refractivity contribution >= 4 is 142 Å². The molecule has 0 aliphatic heterocycles. The van der Waals surface area contributed by atoms with E-state index in [9.17, 15) is 9.59 Å². The first-order valence-electron chi connectivity index (χ1n) is 23.3. The van der Waals surface area contributed by atoms with Gasteiger partial charge in [0.2, 0.25) is 0 Å². The lowest BCUT2D eigenvalue weighted by Gasteiger charge is -2.06. The molecule has 11 aromatic heterocycles. The van der Waals surface area contributed by atoms with E-state index in [0.717, 1.165) is 57.0 Å². The van der Waals surface area contributed by atoms with Crippen LogP contribution in [0.25, 0.3) is 101 Å². The number of aryl methyl sites for hydroxylation is 2. The van der Waals surface area contributed by atoms with E-state index in [1.807, 2.05) is 60.2 Å². The zero-order valence-corrected chi connectivity index (χ0v) is 42.3. The van der Waals surface area contributed by atoms with Crippen molar-refractivity contribution < 1.29 is 0 Å². The molecule has 11 heterocycles. The molecule has 0 aliphatic carbocycles. The Morgan fingerprint density at radius 2 is 0.815 bits per heavy atom. The third-order valence-electron chi connectivity index (χ3n) is 13.2. The monoisotopic (exact) mass is 980 g/mol. The molecular formula is C54H48N2O2S7. The van der Waals surface area contributed by atoms with Gasteiger partial charge in [0.15, 0.2) is 0 Å². The molecule has 0 atom stereocenters. The summed E-state index contributed by atoms with van der Waals surface area (Å²) in [6.45, 7) is 4.55. The third kappa shape index (κ3) is 7.36. The molecule has 0 amide bonds. The van der Waals surface area contributed by atoms with E-state index in [-0.39, 0.29) is 11.1 Å². The van der Waals surface area contributed by atoms with Crippen LogP contribution in [0.1, 0.15) is 101 Å². The minimum absolute atomic E-state index is 0.001000. The fourth-order valence-electron chi connectivity index (χ4n) is 9.91. The van der Waals surface area contributed by atoms with Gasteiger partial charge >= 0.3 is 0 Å². The molecule has 0 aliphatic rings. The maximum absolute atomic E-state index is 14.7. The van der Waals surface area contributed by atoms with Crippen molar-refractivity contribution in [1.29, 1.82) is 0 Å². The van der Waals surface area contributed by atoms with Gasteiger partial charge in [-0.1, -0.05) is 84.1 Å². The van der Waals surface area contributed by atoms with Crippen LogP contribution in [0.3, 0.4) is 0 Å². The van der Waals surface area contributed by atoms with Crippen LogP contribution < -0.4 is 11.1 Å². The SMILES string of the molecule is CCCCCCCCc1ccc(-c2ccc(-c3cc4c(cc5c6ccc7c(=O)n8c9cc(-c%10ccc(-c%11ccc(CCCCCCCC)s%11)s%10)sc9cc8c8sc(c(=O)n45)c6c78)s3)s2)s1. The Morgan fingerprint density at radius 1 is 0.369 bits per heavy atom. The Morgan fingerprint density at radius 3 is 1.38 bits per heavy atom. The Kier molecular flexibility index (Phi) is 11.3. The fourth-order valence-corrected chi connectivity index (χ4v) is 17.8. The summed E-state index contributed by atoms with van der Waals surface area (Å²) in [6.07, 6.45) is 18.2. The molecule has 65 heavy (non-hydrogen) atoms. The number of pyridine rings is 2. The van der Waals surface area contributed by atoms with Crippen LogP contribution in [0.15, 0.2) is 94.5 Å². The highest BCUT2D eigenvalue weighted by atomic mass is 32.1. The Bertz CT molecular complexity index is 3780. The smallest absolute Gasteiger partial charge is 0.273 e. The molecule has 1 aromatic carbocycles. The number of fused-ring (bicyclic) bond motifs is 8. The second-order valence-electron chi connectivity index (χ2n) is 17.6. The van der Waals surface area contributed by atoms with Gasteiger partial charge in [0, 0.05) is 70.3 Å². The van der Waals surface area contributed by atoms with E-state index in [2.05, 4.69) is 92.7 Å². The highest BCUT2D eigenvalue weighted by Gasteiger charge is 2.25. The first kappa shape index (κ1) is 42.2. The lowest BCUT2D eigenvalue weighted by molar-refractivity contribution is 0.609. The van der Waals surface area contributed by atoms with E-state index < -0.39 is 0 Å². The molecule has 11 heteroatoms. The zero-order chi connectivity index (χ0) is 43.8. The predicted molar refractivity (Wildman–Crippen MR) is 292 cm³/mol. The summed E-state index contributed by atoms with van der Waals surface area (Å²) >= 11 is 12.6. The van der Waals surface area contributed by atoms with Crippen LogP contribution in [-0.4, -0.2) is 8.80 Å². The first-order valence-corrected chi connectivity index (χ1v) is 29.1. The largest absolute Gasteiger partial charge is 0.274 e. The summed E-state index contributed by atoms with van der Waals surface area (Å²) in [6, 6.07) is 31.1. The van der Waals surface area contributed by atoms with Gasteiger partial charge in [-0.2, -0.15) is 0 Å². The van der Waals surface area contributed by atoms with Gasteiger partial charge in [-0.25, -0.2) is 0 Å².